The van der Waals surface area contributed by atoms with E-state index in [0.717, 1.165) is 6.42 Å². The van der Waals surface area contributed by atoms with Gasteiger partial charge in [0.2, 0.25) is 0 Å². The third kappa shape index (κ3) is 4.36. The fourth-order valence-corrected chi connectivity index (χ4v) is 1.82. The monoisotopic (exact) mass is 235 g/mol. The van der Waals surface area contributed by atoms with E-state index in [9.17, 15) is 4.79 Å². The standard InChI is InChI=1S/C10H18ClNO3/c1-10(2,3-4-11)12-9(13)8-7-14-5-6-15-8/h8H,3-7H2,1-2H3,(H,12,13). The Morgan fingerprint density at radius 2 is 2.27 bits per heavy atom. The second kappa shape index (κ2) is 5.68. The molecular weight excluding hydrogens is 218 g/mol. The van der Waals surface area contributed by atoms with E-state index in [1.807, 2.05) is 13.8 Å². The molecule has 88 valence electrons. The molecule has 5 heteroatoms. The summed E-state index contributed by atoms with van der Waals surface area (Å²) in [6.45, 7) is 5.26. The van der Waals surface area contributed by atoms with Crippen molar-refractivity contribution in [3.05, 3.63) is 0 Å². The smallest absolute Gasteiger partial charge is 0.251 e. The quantitative estimate of drug-likeness (QED) is 0.738. The van der Waals surface area contributed by atoms with Gasteiger partial charge in [0, 0.05) is 11.4 Å². The average molecular weight is 236 g/mol. The summed E-state index contributed by atoms with van der Waals surface area (Å²) < 4.78 is 10.5. The fourth-order valence-electron chi connectivity index (χ4n) is 1.35. The first kappa shape index (κ1) is 12.7. The normalized spacial score (nSPS) is 22.5. The molecule has 1 atom stereocenters. The van der Waals surface area contributed by atoms with Crippen LogP contribution in [0.3, 0.4) is 0 Å². The third-order valence-electron chi connectivity index (χ3n) is 2.29. The van der Waals surface area contributed by atoms with Crippen molar-refractivity contribution in [2.24, 2.45) is 0 Å². The van der Waals surface area contributed by atoms with Gasteiger partial charge in [-0.3, -0.25) is 4.79 Å². The van der Waals surface area contributed by atoms with Crippen LogP contribution in [-0.2, 0) is 14.3 Å². The molecule has 1 amide bonds. The number of hydrogen-bond acceptors (Lipinski definition) is 3. The van der Waals surface area contributed by atoms with Crippen LogP contribution in [0, 0.1) is 0 Å². The molecule has 0 bridgehead atoms. The number of nitrogens with one attached hydrogen (secondary N) is 1. The SMILES string of the molecule is CC(C)(CCCl)NC(=O)C1COCCO1. The van der Waals surface area contributed by atoms with E-state index < -0.39 is 6.10 Å². The number of hydrogen-bond donors (Lipinski definition) is 1. The van der Waals surface area contributed by atoms with Crippen LogP contribution in [0.15, 0.2) is 0 Å². The maximum atomic E-state index is 11.7. The van der Waals surface area contributed by atoms with Crippen molar-refractivity contribution in [3.8, 4) is 0 Å². The topological polar surface area (TPSA) is 47.6 Å². The highest BCUT2D eigenvalue weighted by Crippen LogP contribution is 2.11. The predicted octanol–water partition coefficient (Wildman–Crippen LogP) is 0.925. The van der Waals surface area contributed by atoms with Gasteiger partial charge in [0.1, 0.15) is 0 Å². The zero-order valence-corrected chi connectivity index (χ0v) is 9.97. The summed E-state index contributed by atoms with van der Waals surface area (Å²) in [4.78, 5) is 11.7. The molecule has 1 N–H and O–H groups in total. The van der Waals surface area contributed by atoms with E-state index in [1.165, 1.54) is 0 Å². The van der Waals surface area contributed by atoms with Gasteiger partial charge in [-0.1, -0.05) is 0 Å². The van der Waals surface area contributed by atoms with E-state index in [-0.39, 0.29) is 11.4 Å². The molecule has 0 aromatic heterocycles. The first-order chi connectivity index (χ1) is 7.05. The van der Waals surface area contributed by atoms with Crippen molar-refractivity contribution < 1.29 is 14.3 Å². The number of carbonyl (C=O) groups is 1. The Bertz CT molecular complexity index is 215. The van der Waals surface area contributed by atoms with Gasteiger partial charge in [0.05, 0.1) is 19.8 Å². The average Bonchev–Trinajstić information content (AvgIpc) is 2.18. The van der Waals surface area contributed by atoms with Crippen LogP contribution in [0.25, 0.3) is 0 Å². The highest BCUT2D eigenvalue weighted by Gasteiger charge is 2.27. The van der Waals surface area contributed by atoms with Crippen LogP contribution in [0.5, 0.6) is 0 Å². The van der Waals surface area contributed by atoms with E-state index in [4.69, 9.17) is 21.1 Å². The highest BCUT2D eigenvalue weighted by atomic mass is 35.5. The van der Waals surface area contributed by atoms with Crippen molar-refractivity contribution in [1.82, 2.24) is 5.32 Å². The van der Waals surface area contributed by atoms with Gasteiger partial charge in [-0.15, -0.1) is 11.6 Å². The molecule has 1 rings (SSSR count). The molecule has 15 heavy (non-hydrogen) atoms. The molecular formula is C10H18ClNO3. The Balaban J connectivity index is 2.39. The Kier molecular flexibility index (Phi) is 4.83. The van der Waals surface area contributed by atoms with E-state index in [1.54, 1.807) is 0 Å². The first-order valence-electron chi connectivity index (χ1n) is 5.12. The Labute approximate surface area is 95.3 Å². The fraction of sp³-hybridized carbons (Fsp3) is 0.900. The zero-order valence-electron chi connectivity index (χ0n) is 9.22. The summed E-state index contributed by atoms with van der Waals surface area (Å²) in [5, 5.41) is 2.90. The molecule has 0 radical (unpaired) electrons. The summed E-state index contributed by atoms with van der Waals surface area (Å²) in [7, 11) is 0. The number of carbonyl (C=O) groups excluding carboxylic acids is 1. The number of halogens is 1. The van der Waals surface area contributed by atoms with Gasteiger partial charge >= 0.3 is 0 Å². The number of rotatable bonds is 4. The van der Waals surface area contributed by atoms with Crippen LogP contribution in [0.2, 0.25) is 0 Å². The van der Waals surface area contributed by atoms with Crippen LogP contribution in [0.4, 0.5) is 0 Å². The zero-order chi connectivity index (χ0) is 11.3. The molecule has 1 fully saturated rings. The second-order valence-corrected chi connectivity index (χ2v) is 4.62. The predicted molar refractivity (Wildman–Crippen MR) is 58.1 cm³/mol. The first-order valence-corrected chi connectivity index (χ1v) is 5.66. The van der Waals surface area contributed by atoms with Gasteiger partial charge in [-0.25, -0.2) is 0 Å². The summed E-state index contributed by atoms with van der Waals surface area (Å²) >= 11 is 5.65. The van der Waals surface area contributed by atoms with Crippen molar-refractivity contribution in [1.29, 1.82) is 0 Å². The molecule has 0 aromatic rings. The molecule has 1 unspecified atom stereocenters. The van der Waals surface area contributed by atoms with Gasteiger partial charge < -0.3 is 14.8 Å². The van der Waals surface area contributed by atoms with Gasteiger partial charge in [0.15, 0.2) is 6.10 Å². The van der Waals surface area contributed by atoms with Gasteiger partial charge in [-0.05, 0) is 20.3 Å². The lowest BCUT2D eigenvalue weighted by Crippen LogP contribution is -2.51. The third-order valence-corrected chi connectivity index (χ3v) is 2.48. The van der Waals surface area contributed by atoms with Crippen LogP contribution in [0.1, 0.15) is 20.3 Å². The van der Waals surface area contributed by atoms with Crippen LogP contribution >= 0.6 is 11.6 Å². The lowest BCUT2D eigenvalue weighted by Gasteiger charge is -2.29. The Morgan fingerprint density at radius 1 is 1.53 bits per heavy atom. The second-order valence-electron chi connectivity index (χ2n) is 4.25. The van der Waals surface area contributed by atoms with E-state index in [0.29, 0.717) is 25.7 Å². The minimum absolute atomic E-state index is 0.121. The number of ether oxygens (including phenoxy) is 2. The Morgan fingerprint density at radius 3 is 2.80 bits per heavy atom. The molecule has 4 nitrogen and oxygen atoms in total. The minimum atomic E-state index is -0.478. The van der Waals surface area contributed by atoms with Crippen molar-refractivity contribution in [3.63, 3.8) is 0 Å². The largest absolute Gasteiger partial charge is 0.376 e. The summed E-state index contributed by atoms with van der Waals surface area (Å²) in [6.07, 6.45) is 0.252. The van der Waals surface area contributed by atoms with Crippen LogP contribution in [-0.4, -0.2) is 43.3 Å². The molecule has 0 aromatic carbocycles. The minimum Gasteiger partial charge on any atom is -0.376 e. The maximum absolute atomic E-state index is 11.7. The number of alkyl halides is 1. The number of amides is 1. The van der Waals surface area contributed by atoms with E-state index in [2.05, 4.69) is 5.32 Å². The summed E-state index contributed by atoms with van der Waals surface area (Å²) in [5.41, 5.74) is -0.292. The van der Waals surface area contributed by atoms with Crippen LogP contribution < -0.4 is 5.32 Å². The Hall–Kier alpha value is -0.320. The molecule has 1 heterocycles. The van der Waals surface area contributed by atoms with Crippen molar-refractivity contribution >= 4 is 17.5 Å². The summed E-state index contributed by atoms with van der Waals surface area (Å²) in [5.74, 6) is 0.403. The lowest BCUT2D eigenvalue weighted by atomic mass is 10.0. The maximum Gasteiger partial charge on any atom is 0.251 e. The molecule has 0 spiro atoms. The molecule has 1 aliphatic rings. The molecule has 1 aliphatic heterocycles. The van der Waals surface area contributed by atoms with Gasteiger partial charge in [-0.2, -0.15) is 0 Å². The van der Waals surface area contributed by atoms with Gasteiger partial charge in [0.25, 0.3) is 5.91 Å². The van der Waals surface area contributed by atoms with Crippen molar-refractivity contribution in [2.75, 3.05) is 25.7 Å². The highest BCUT2D eigenvalue weighted by molar-refractivity contribution is 6.17. The summed E-state index contributed by atoms with van der Waals surface area (Å²) in [6, 6.07) is 0. The van der Waals surface area contributed by atoms with Crippen molar-refractivity contribution in [2.45, 2.75) is 31.9 Å². The van der Waals surface area contributed by atoms with E-state index >= 15 is 0 Å². The molecule has 0 aliphatic carbocycles. The lowest BCUT2D eigenvalue weighted by molar-refractivity contribution is -0.149. The molecule has 0 saturated carbocycles. The molecule has 1 saturated heterocycles.